The Kier molecular flexibility index (Phi) is 7.33. The zero-order valence-corrected chi connectivity index (χ0v) is 19.8. The van der Waals surface area contributed by atoms with Crippen molar-refractivity contribution in [2.45, 2.75) is 52.0 Å². The van der Waals surface area contributed by atoms with Gasteiger partial charge in [0.1, 0.15) is 24.2 Å². The summed E-state index contributed by atoms with van der Waals surface area (Å²) in [5.41, 5.74) is 3.25. The molecule has 35 heavy (non-hydrogen) atoms. The third-order valence-electron chi connectivity index (χ3n) is 6.05. The van der Waals surface area contributed by atoms with E-state index in [1.165, 1.54) is 11.1 Å². The van der Waals surface area contributed by atoms with Crippen LogP contribution in [0.25, 0.3) is 0 Å². The van der Waals surface area contributed by atoms with Crippen LogP contribution in [0.3, 0.4) is 0 Å². The van der Waals surface area contributed by atoms with Crippen LogP contribution in [0.5, 0.6) is 0 Å². The van der Waals surface area contributed by atoms with E-state index in [-0.39, 0.29) is 43.1 Å². The third kappa shape index (κ3) is 5.62. The highest BCUT2D eigenvalue weighted by molar-refractivity contribution is 5.98. The van der Waals surface area contributed by atoms with Crippen LogP contribution in [-0.2, 0) is 31.9 Å². The number of carbonyl (C=O) groups excluding carboxylic acids is 4. The maximum Gasteiger partial charge on any atom is 0.338 e. The average Bonchev–Trinajstić information content (AvgIpc) is 3.49. The van der Waals surface area contributed by atoms with E-state index < -0.39 is 24.0 Å². The summed E-state index contributed by atoms with van der Waals surface area (Å²) in [5, 5.41) is 5.17. The number of ether oxygens (including phenoxy) is 2. The molecule has 1 aliphatic carbocycles. The second-order valence-corrected chi connectivity index (χ2v) is 8.51. The van der Waals surface area contributed by atoms with Gasteiger partial charge in [0.25, 0.3) is 0 Å². The Morgan fingerprint density at radius 2 is 1.86 bits per heavy atom. The van der Waals surface area contributed by atoms with Gasteiger partial charge in [-0.15, -0.1) is 0 Å². The molecular weight excluding hydrogens is 452 g/mol. The lowest BCUT2D eigenvalue weighted by atomic mass is 10.0. The summed E-state index contributed by atoms with van der Waals surface area (Å²) in [6.07, 6.45) is 2.98. The van der Waals surface area contributed by atoms with Crippen LogP contribution in [0.1, 0.15) is 65.2 Å². The fraction of sp³-hybridized carbons (Fsp3) is 0.385. The number of ketones is 1. The molecule has 0 radical (unpaired) electrons. The Bertz CT molecular complexity index is 1190. The summed E-state index contributed by atoms with van der Waals surface area (Å²) in [6, 6.07) is 7.58. The molecule has 4 rings (SSSR count). The molecule has 9 nitrogen and oxygen atoms in total. The Morgan fingerprint density at radius 3 is 2.60 bits per heavy atom. The van der Waals surface area contributed by atoms with E-state index in [1.807, 2.05) is 12.1 Å². The first kappa shape index (κ1) is 24.3. The van der Waals surface area contributed by atoms with Crippen molar-refractivity contribution in [3.8, 4) is 0 Å². The van der Waals surface area contributed by atoms with Crippen LogP contribution >= 0.6 is 0 Å². The molecule has 2 aliphatic rings. The molecule has 184 valence electrons. The van der Waals surface area contributed by atoms with Crippen LogP contribution in [0.2, 0.25) is 0 Å². The molecule has 2 amide bonds. The number of esters is 2. The van der Waals surface area contributed by atoms with Crippen molar-refractivity contribution in [3.63, 3.8) is 0 Å². The van der Waals surface area contributed by atoms with Crippen molar-refractivity contribution in [2.24, 2.45) is 0 Å². The first-order valence-corrected chi connectivity index (χ1v) is 11.7. The molecular formula is C26H28N2O7. The molecule has 0 spiro atoms. The molecule has 0 bridgehead atoms. The summed E-state index contributed by atoms with van der Waals surface area (Å²) < 4.78 is 16.1. The number of urea groups is 1. The van der Waals surface area contributed by atoms with Crippen molar-refractivity contribution in [1.29, 1.82) is 0 Å². The summed E-state index contributed by atoms with van der Waals surface area (Å²) in [6.45, 7) is 3.17. The summed E-state index contributed by atoms with van der Waals surface area (Å²) >= 11 is 0. The first-order valence-electron chi connectivity index (χ1n) is 11.7. The van der Waals surface area contributed by atoms with Gasteiger partial charge in [-0.1, -0.05) is 12.1 Å². The Labute approximate surface area is 202 Å². The zero-order valence-electron chi connectivity index (χ0n) is 19.8. The molecule has 2 heterocycles. The number of aryl methyl sites for hydroxylation is 3. The fourth-order valence-electron chi connectivity index (χ4n) is 4.33. The Hall–Kier alpha value is -3.88. The number of rotatable bonds is 9. The highest BCUT2D eigenvalue weighted by Crippen LogP contribution is 2.29. The van der Waals surface area contributed by atoms with E-state index in [0.29, 0.717) is 17.1 Å². The quantitative estimate of drug-likeness (QED) is 0.416. The maximum atomic E-state index is 12.7. The lowest BCUT2D eigenvalue weighted by Gasteiger charge is -2.27. The lowest BCUT2D eigenvalue weighted by Crippen LogP contribution is -2.47. The number of amides is 2. The molecule has 1 atom stereocenters. The van der Waals surface area contributed by atoms with E-state index >= 15 is 0 Å². The molecule has 0 unspecified atom stereocenters. The molecule has 9 heteroatoms. The number of fused-ring (bicyclic) bond motifs is 1. The lowest BCUT2D eigenvalue weighted by molar-refractivity contribution is -0.143. The Morgan fingerprint density at radius 1 is 1.06 bits per heavy atom. The predicted molar refractivity (Wildman–Crippen MR) is 125 cm³/mol. The highest BCUT2D eigenvalue weighted by atomic mass is 16.5. The highest BCUT2D eigenvalue weighted by Gasteiger charge is 2.36. The minimum atomic E-state index is -0.897. The summed E-state index contributed by atoms with van der Waals surface area (Å²) in [4.78, 5) is 49.9. The van der Waals surface area contributed by atoms with Crippen LogP contribution in [0.4, 0.5) is 4.79 Å². The van der Waals surface area contributed by atoms with Gasteiger partial charge in [0.15, 0.2) is 5.78 Å². The van der Waals surface area contributed by atoms with Crippen molar-refractivity contribution in [2.75, 3.05) is 13.2 Å². The van der Waals surface area contributed by atoms with Crippen LogP contribution in [-0.4, -0.2) is 37.0 Å². The van der Waals surface area contributed by atoms with E-state index in [0.717, 1.165) is 19.3 Å². The van der Waals surface area contributed by atoms with Gasteiger partial charge in [-0.3, -0.25) is 9.59 Å². The minimum Gasteiger partial charge on any atom is -0.464 e. The monoisotopic (exact) mass is 480 g/mol. The number of benzene rings is 1. The second-order valence-electron chi connectivity index (χ2n) is 8.51. The third-order valence-corrected chi connectivity index (χ3v) is 6.05. The molecule has 1 aromatic carbocycles. The standard InChI is InChI=1S/C26H28N2O7/c1-3-33-25(31)23-19(27-26(32)28-24(23)21-11-7-15(2)35-21)14-34-22(30)12-10-20(29)18-9-8-16-5-4-6-17(16)13-18/h7-9,11,13,24H,3-6,10,12,14H2,1-2H3,(H2,27,28,32)/t24-/m0/s1. The van der Waals surface area contributed by atoms with E-state index in [9.17, 15) is 19.2 Å². The van der Waals surface area contributed by atoms with Gasteiger partial charge in [-0.05, 0) is 62.4 Å². The minimum absolute atomic E-state index is 0.00358. The summed E-state index contributed by atoms with van der Waals surface area (Å²) in [5.74, 6) is -0.460. The van der Waals surface area contributed by atoms with Gasteiger partial charge < -0.3 is 24.5 Å². The predicted octanol–water partition coefficient (Wildman–Crippen LogP) is 3.45. The fourth-order valence-corrected chi connectivity index (χ4v) is 4.33. The number of furan rings is 1. The van der Waals surface area contributed by atoms with Gasteiger partial charge in [0, 0.05) is 12.0 Å². The van der Waals surface area contributed by atoms with Gasteiger partial charge in [0.05, 0.1) is 24.3 Å². The van der Waals surface area contributed by atoms with Gasteiger partial charge >= 0.3 is 18.0 Å². The number of hydrogen-bond acceptors (Lipinski definition) is 7. The van der Waals surface area contributed by atoms with E-state index in [4.69, 9.17) is 13.9 Å². The smallest absolute Gasteiger partial charge is 0.338 e. The second kappa shape index (κ2) is 10.6. The molecule has 1 aromatic heterocycles. The average molecular weight is 481 g/mol. The van der Waals surface area contributed by atoms with Gasteiger partial charge in [-0.2, -0.15) is 0 Å². The molecule has 2 N–H and O–H groups in total. The van der Waals surface area contributed by atoms with Crippen molar-refractivity contribution in [3.05, 3.63) is 69.8 Å². The first-order chi connectivity index (χ1) is 16.9. The number of carbonyl (C=O) groups is 4. The normalized spacial score (nSPS) is 16.9. The van der Waals surface area contributed by atoms with E-state index in [2.05, 4.69) is 10.6 Å². The van der Waals surface area contributed by atoms with Crippen LogP contribution in [0.15, 0.2) is 46.0 Å². The van der Waals surface area contributed by atoms with Gasteiger partial charge in [0.2, 0.25) is 0 Å². The van der Waals surface area contributed by atoms with Crippen LogP contribution < -0.4 is 10.6 Å². The van der Waals surface area contributed by atoms with Gasteiger partial charge in [-0.25, -0.2) is 9.59 Å². The zero-order chi connectivity index (χ0) is 24.9. The van der Waals surface area contributed by atoms with Crippen LogP contribution in [0, 0.1) is 6.92 Å². The van der Waals surface area contributed by atoms with E-state index in [1.54, 1.807) is 32.0 Å². The number of nitrogens with one attached hydrogen (secondary N) is 2. The summed E-state index contributed by atoms with van der Waals surface area (Å²) in [7, 11) is 0. The molecule has 0 saturated heterocycles. The molecule has 0 fully saturated rings. The van der Waals surface area contributed by atoms with Crippen molar-refractivity contribution < 1.29 is 33.1 Å². The molecule has 0 saturated carbocycles. The SMILES string of the molecule is CCOC(=O)C1=C(COC(=O)CCC(=O)c2ccc3c(c2)CCC3)NC(=O)N[C@H]1c1ccc(C)o1. The number of hydrogen-bond donors (Lipinski definition) is 2. The van der Waals surface area contributed by atoms with Crippen molar-refractivity contribution >= 4 is 23.8 Å². The van der Waals surface area contributed by atoms with Crippen molar-refractivity contribution in [1.82, 2.24) is 10.6 Å². The number of Topliss-reactive ketones (excluding diaryl/α,β-unsaturated/α-hetero) is 1. The Balaban J connectivity index is 1.42. The molecule has 2 aromatic rings. The largest absolute Gasteiger partial charge is 0.464 e. The topological polar surface area (TPSA) is 124 Å². The molecule has 1 aliphatic heterocycles. The maximum absolute atomic E-state index is 12.7.